The van der Waals surface area contributed by atoms with Crippen LogP contribution in [0.5, 0.6) is 11.5 Å². The van der Waals surface area contributed by atoms with Gasteiger partial charge in [0.05, 0.1) is 17.3 Å². The van der Waals surface area contributed by atoms with E-state index in [1.54, 1.807) is 6.08 Å². The molecule has 226 valence electrons. The van der Waals surface area contributed by atoms with Crippen LogP contribution >= 0.6 is 39.1 Å². The molecule has 1 aromatic rings. The second-order valence-corrected chi connectivity index (χ2v) is 12.3. The number of likely N-dealkylation sites (tertiary alicyclic amines) is 2. The van der Waals surface area contributed by atoms with E-state index in [1.807, 2.05) is 0 Å². The van der Waals surface area contributed by atoms with Gasteiger partial charge < -0.3 is 14.9 Å². The van der Waals surface area contributed by atoms with E-state index in [4.69, 9.17) is 28.3 Å². The van der Waals surface area contributed by atoms with Crippen molar-refractivity contribution in [3.63, 3.8) is 0 Å². The summed E-state index contributed by atoms with van der Waals surface area (Å²) in [5.41, 5.74) is -0.347. The molecule has 1 saturated carbocycles. The predicted molar refractivity (Wildman–Crippen MR) is 142 cm³/mol. The Labute approximate surface area is 254 Å². The maximum absolute atomic E-state index is 13.7. The second-order valence-electron chi connectivity index (χ2n) is 10.6. The molecule has 0 unspecified atom stereocenters. The van der Waals surface area contributed by atoms with E-state index < -0.39 is 80.9 Å². The summed E-state index contributed by atoms with van der Waals surface area (Å²) in [5, 5.41) is 19.8. The molecule has 42 heavy (non-hydrogen) atoms. The highest BCUT2D eigenvalue weighted by Gasteiger charge is 2.76. The molecule has 0 bridgehead atoms. The lowest BCUT2D eigenvalue weighted by Gasteiger charge is -2.50. The number of aromatic hydroxyl groups is 1. The fraction of sp³-hybridized carbons (Fsp3) is 0.500. The number of carbonyl (C=O) groups is 5. The van der Waals surface area contributed by atoms with E-state index in [-0.39, 0.29) is 48.8 Å². The SMILES string of the molecule is O=C(O)CCCN1C(=O)[C@H]2[C@H](CC=C3[C@H]2C[C@@]2(Cl)C(=O)N(CBr)C(=O)[C@@]2(Cl)[C@H]3c2cc(OC(F)(F)F)ccc2O)C1=O. The Balaban J connectivity index is 1.65. The highest BCUT2D eigenvalue weighted by molar-refractivity contribution is 9.09. The zero-order chi connectivity index (χ0) is 30.9. The number of allylic oxidation sites excluding steroid dienone is 2. The number of fused-ring (bicyclic) bond motifs is 4. The summed E-state index contributed by atoms with van der Waals surface area (Å²) < 4.78 is 43.3. The van der Waals surface area contributed by atoms with Gasteiger partial charge in [0.1, 0.15) is 11.5 Å². The van der Waals surface area contributed by atoms with Crippen LogP contribution in [0.4, 0.5) is 13.2 Å². The number of benzene rings is 1. The summed E-state index contributed by atoms with van der Waals surface area (Å²) in [7, 11) is 0. The average molecular weight is 698 g/mol. The first-order valence-corrected chi connectivity index (χ1v) is 14.6. The van der Waals surface area contributed by atoms with Gasteiger partial charge in [-0.2, -0.15) is 0 Å². The Kier molecular flexibility index (Phi) is 7.58. The topological polar surface area (TPSA) is 142 Å². The molecule has 2 aliphatic carbocycles. The van der Waals surface area contributed by atoms with Gasteiger partial charge in [0.25, 0.3) is 11.8 Å². The van der Waals surface area contributed by atoms with Gasteiger partial charge >= 0.3 is 12.3 Å². The largest absolute Gasteiger partial charge is 0.573 e. The van der Waals surface area contributed by atoms with Crippen LogP contribution in [-0.2, 0) is 24.0 Å². The first kappa shape index (κ1) is 30.6. The Morgan fingerprint density at radius 1 is 1.10 bits per heavy atom. The standard InChI is InChI=1S/C26H22BrCl2F3N2O8/c27-10-34-22(40)24(28)9-15-12(4-5-13-18(15)21(39)33(20(13)38)7-1-2-17(36)37)19(25(24,29)23(34)41)14-8-11(3-6-16(14)35)42-26(30,31)32/h3-4,6,8,13,15,18-19,35H,1-2,5,7,9-10H2,(H,36,37)/t13-,15+,18-,19+,24+,25-/m0/s1. The minimum absolute atomic E-state index is 0.0110. The van der Waals surface area contributed by atoms with Crippen molar-refractivity contribution in [1.29, 1.82) is 0 Å². The van der Waals surface area contributed by atoms with Crippen LogP contribution in [0, 0.1) is 17.8 Å². The zero-order valence-electron chi connectivity index (χ0n) is 21.4. The number of alkyl halides is 6. The monoisotopic (exact) mass is 696 g/mol. The number of phenolic OH excluding ortho intramolecular Hbond substituents is 1. The Morgan fingerprint density at radius 3 is 2.40 bits per heavy atom. The lowest BCUT2D eigenvalue weighted by atomic mass is 9.56. The van der Waals surface area contributed by atoms with E-state index >= 15 is 0 Å². The summed E-state index contributed by atoms with van der Waals surface area (Å²) >= 11 is 17.1. The molecule has 0 radical (unpaired) electrons. The number of amides is 4. The molecule has 4 aliphatic rings. The van der Waals surface area contributed by atoms with Gasteiger partial charge in [-0.1, -0.05) is 27.6 Å². The first-order valence-electron chi connectivity index (χ1n) is 12.7. The first-order chi connectivity index (χ1) is 19.6. The van der Waals surface area contributed by atoms with Gasteiger partial charge in [-0.3, -0.25) is 33.8 Å². The van der Waals surface area contributed by atoms with Gasteiger partial charge in [0.15, 0.2) is 9.75 Å². The van der Waals surface area contributed by atoms with Crippen molar-refractivity contribution in [2.24, 2.45) is 17.8 Å². The molecule has 5 rings (SSSR count). The van der Waals surface area contributed by atoms with Gasteiger partial charge in [0, 0.05) is 24.4 Å². The molecule has 4 amide bonds. The minimum atomic E-state index is -5.10. The van der Waals surface area contributed by atoms with Crippen molar-refractivity contribution in [3.8, 4) is 11.5 Å². The van der Waals surface area contributed by atoms with Crippen LogP contribution in [-0.4, -0.2) is 77.7 Å². The van der Waals surface area contributed by atoms with Crippen molar-refractivity contribution < 1.29 is 52.1 Å². The number of phenols is 1. The lowest BCUT2D eigenvalue weighted by Crippen LogP contribution is -2.60. The fourth-order valence-electron chi connectivity index (χ4n) is 6.73. The molecule has 2 heterocycles. The number of halogens is 6. The number of carboxylic acid groups (broad SMARTS) is 1. The molecule has 0 spiro atoms. The van der Waals surface area contributed by atoms with E-state index in [1.165, 1.54) is 0 Å². The third kappa shape index (κ3) is 4.48. The smallest absolute Gasteiger partial charge is 0.508 e. The molecule has 6 atom stereocenters. The Bertz CT molecular complexity index is 1440. The molecular formula is C26H22BrCl2F3N2O8. The second kappa shape index (κ2) is 10.4. The third-order valence-corrected chi connectivity index (χ3v) is 10.3. The normalized spacial score (nSPS) is 32.5. The van der Waals surface area contributed by atoms with Gasteiger partial charge in [-0.15, -0.1) is 36.4 Å². The fourth-order valence-corrected chi connectivity index (χ4v) is 8.15. The summed E-state index contributed by atoms with van der Waals surface area (Å²) in [5.74, 6) is -9.88. The van der Waals surface area contributed by atoms with Crippen LogP contribution in [0.15, 0.2) is 29.8 Å². The number of imide groups is 2. The van der Waals surface area contributed by atoms with E-state index in [9.17, 15) is 42.3 Å². The highest BCUT2D eigenvalue weighted by atomic mass is 79.9. The van der Waals surface area contributed by atoms with Crippen LogP contribution in [0.1, 0.15) is 37.2 Å². The lowest BCUT2D eigenvalue weighted by molar-refractivity contribution is -0.274. The number of aliphatic carboxylic acids is 1. The molecular weight excluding hydrogens is 676 g/mol. The van der Waals surface area contributed by atoms with Gasteiger partial charge in [0.2, 0.25) is 11.8 Å². The van der Waals surface area contributed by atoms with Crippen molar-refractivity contribution in [1.82, 2.24) is 9.80 Å². The summed E-state index contributed by atoms with van der Waals surface area (Å²) in [4.78, 5) is 62.3. The van der Waals surface area contributed by atoms with E-state index in [0.717, 1.165) is 28.0 Å². The summed E-state index contributed by atoms with van der Waals surface area (Å²) in [6.07, 6.45) is -4.20. The number of carbonyl (C=O) groups excluding carboxylic acids is 4. The van der Waals surface area contributed by atoms with Gasteiger partial charge in [-0.05, 0) is 43.4 Å². The van der Waals surface area contributed by atoms with E-state index in [0.29, 0.717) is 0 Å². The summed E-state index contributed by atoms with van der Waals surface area (Å²) in [6, 6.07) is 2.62. The molecule has 16 heteroatoms. The van der Waals surface area contributed by atoms with Crippen LogP contribution < -0.4 is 4.74 Å². The molecule has 3 fully saturated rings. The van der Waals surface area contributed by atoms with Crippen molar-refractivity contribution >= 4 is 68.7 Å². The predicted octanol–water partition coefficient (Wildman–Crippen LogP) is 3.87. The number of carboxylic acids is 1. The van der Waals surface area contributed by atoms with Crippen LogP contribution in [0.3, 0.4) is 0 Å². The van der Waals surface area contributed by atoms with Crippen LogP contribution in [0.25, 0.3) is 0 Å². The van der Waals surface area contributed by atoms with Crippen molar-refractivity contribution in [2.75, 3.05) is 12.0 Å². The number of rotatable bonds is 7. The molecule has 2 aliphatic heterocycles. The van der Waals surface area contributed by atoms with Gasteiger partial charge in [-0.25, -0.2) is 0 Å². The zero-order valence-corrected chi connectivity index (χ0v) is 24.5. The Hall–Kier alpha value is -2.84. The van der Waals surface area contributed by atoms with Crippen LogP contribution in [0.2, 0.25) is 0 Å². The van der Waals surface area contributed by atoms with Crippen molar-refractivity contribution in [3.05, 3.63) is 35.4 Å². The average Bonchev–Trinajstić information content (AvgIpc) is 3.22. The molecule has 2 saturated heterocycles. The number of hydrogen-bond donors (Lipinski definition) is 2. The molecule has 2 N–H and O–H groups in total. The van der Waals surface area contributed by atoms with E-state index in [2.05, 4.69) is 20.7 Å². The quantitative estimate of drug-likeness (QED) is 0.189. The maximum atomic E-state index is 13.7. The van der Waals surface area contributed by atoms with Crippen molar-refractivity contribution in [2.45, 2.75) is 47.7 Å². The molecule has 10 nitrogen and oxygen atoms in total. The number of ether oxygens (including phenoxy) is 1. The third-order valence-electron chi connectivity index (χ3n) is 8.42. The Morgan fingerprint density at radius 2 is 1.79 bits per heavy atom. The summed E-state index contributed by atoms with van der Waals surface area (Å²) in [6.45, 7) is -0.152. The maximum Gasteiger partial charge on any atom is 0.573 e. The number of hydrogen-bond acceptors (Lipinski definition) is 7. The minimum Gasteiger partial charge on any atom is -0.508 e. The number of nitrogens with zero attached hydrogens (tertiary/aromatic N) is 2. The molecule has 1 aromatic carbocycles. The molecule has 0 aromatic heterocycles. The highest BCUT2D eigenvalue weighted by Crippen LogP contribution is 2.66.